The second kappa shape index (κ2) is 5.26. The molecule has 0 aliphatic rings. The van der Waals surface area contributed by atoms with E-state index in [0.717, 1.165) is 6.42 Å². The van der Waals surface area contributed by atoms with Gasteiger partial charge in [0.05, 0.1) is 0 Å². The minimum atomic E-state index is -0.268. The molecule has 1 rings (SSSR count). The van der Waals surface area contributed by atoms with Gasteiger partial charge in [0, 0.05) is 13.2 Å². The zero-order valence-corrected chi connectivity index (χ0v) is 7.16. The Kier molecular flexibility index (Phi) is 3.90. The second-order valence-electron chi connectivity index (χ2n) is 2.52. The highest BCUT2D eigenvalue weighted by Crippen LogP contribution is 1.87. The van der Waals surface area contributed by atoms with E-state index in [9.17, 15) is 4.79 Å². The smallest absolute Gasteiger partial charge is 0.288 e. The summed E-state index contributed by atoms with van der Waals surface area (Å²) in [4.78, 5) is 14.8. The number of aromatic amines is 1. The van der Waals surface area contributed by atoms with Gasteiger partial charge in [0.1, 0.15) is 6.33 Å². The largest absolute Gasteiger partial charge is 0.396 e. The van der Waals surface area contributed by atoms with Crippen LogP contribution in [0.3, 0.4) is 0 Å². The Morgan fingerprint density at radius 3 is 3.08 bits per heavy atom. The molecule has 1 heterocycles. The molecule has 0 saturated heterocycles. The van der Waals surface area contributed by atoms with Crippen LogP contribution in [0, 0.1) is 0 Å². The third kappa shape index (κ3) is 3.20. The molecule has 0 bridgehead atoms. The third-order valence-electron chi connectivity index (χ3n) is 1.50. The number of nitrogens with one attached hydrogen (secondary N) is 2. The quantitative estimate of drug-likeness (QED) is 0.528. The van der Waals surface area contributed by atoms with Crippen LogP contribution >= 0.6 is 0 Å². The SMILES string of the molecule is O=C(NCCCCO)c1ncn[nH]1. The number of aromatic nitrogens is 3. The highest BCUT2D eigenvalue weighted by Gasteiger charge is 2.06. The van der Waals surface area contributed by atoms with E-state index in [1.807, 2.05) is 0 Å². The fourth-order valence-corrected chi connectivity index (χ4v) is 0.837. The van der Waals surface area contributed by atoms with Crippen LogP contribution in [-0.2, 0) is 0 Å². The second-order valence-corrected chi connectivity index (χ2v) is 2.52. The predicted octanol–water partition coefficient (Wildman–Crippen LogP) is -0.693. The summed E-state index contributed by atoms with van der Waals surface area (Å²) in [7, 11) is 0. The van der Waals surface area contributed by atoms with E-state index in [0.29, 0.717) is 13.0 Å². The lowest BCUT2D eigenvalue weighted by molar-refractivity contribution is 0.0942. The summed E-state index contributed by atoms with van der Waals surface area (Å²) in [5, 5.41) is 17.1. The predicted molar refractivity (Wildman–Crippen MR) is 45.0 cm³/mol. The molecule has 0 unspecified atom stereocenters. The molecular weight excluding hydrogens is 172 g/mol. The molecule has 0 saturated carbocycles. The first-order valence-electron chi connectivity index (χ1n) is 4.09. The maximum absolute atomic E-state index is 11.2. The molecule has 0 aliphatic carbocycles. The summed E-state index contributed by atoms with van der Waals surface area (Å²) < 4.78 is 0. The Morgan fingerprint density at radius 1 is 1.62 bits per heavy atom. The number of rotatable bonds is 5. The topological polar surface area (TPSA) is 90.9 Å². The van der Waals surface area contributed by atoms with Crippen LogP contribution in [-0.4, -0.2) is 39.3 Å². The van der Waals surface area contributed by atoms with Crippen LogP contribution in [0.25, 0.3) is 0 Å². The van der Waals surface area contributed by atoms with Gasteiger partial charge in [-0.1, -0.05) is 0 Å². The molecule has 0 spiro atoms. The molecule has 72 valence electrons. The van der Waals surface area contributed by atoms with E-state index in [2.05, 4.69) is 20.5 Å². The van der Waals surface area contributed by atoms with Gasteiger partial charge in [-0.2, -0.15) is 5.10 Å². The Balaban J connectivity index is 2.19. The van der Waals surface area contributed by atoms with Gasteiger partial charge in [-0.25, -0.2) is 4.98 Å². The lowest BCUT2D eigenvalue weighted by Gasteiger charge is -2.00. The van der Waals surface area contributed by atoms with Gasteiger partial charge in [-0.15, -0.1) is 0 Å². The van der Waals surface area contributed by atoms with Crippen LogP contribution in [0.15, 0.2) is 6.33 Å². The van der Waals surface area contributed by atoms with Gasteiger partial charge in [0.2, 0.25) is 5.82 Å². The monoisotopic (exact) mass is 184 g/mol. The summed E-state index contributed by atoms with van der Waals surface area (Å²) >= 11 is 0. The van der Waals surface area contributed by atoms with Crippen molar-refractivity contribution in [3.8, 4) is 0 Å². The van der Waals surface area contributed by atoms with Crippen molar-refractivity contribution in [3.05, 3.63) is 12.2 Å². The molecule has 0 aliphatic heterocycles. The van der Waals surface area contributed by atoms with Crippen LogP contribution in [0.5, 0.6) is 0 Å². The average Bonchev–Trinajstić information content (AvgIpc) is 2.65. The maximum atomic E-state index is 11.2. The number of hydrogen-bond acceptors (Lipinski definition) is 4. The molecule has 6 nitrogen and oxygen atoms in total. The van der Waals surface area contributed by atoms with Crippen LogP contribution in [0.2, 0.25) is 0 Å². The fourth-order valence-electron chi connectivity index (χ4n) is 0.837. The van der Waals surface area contributed by atoms with Gasteiger partial charge in [0.25, 0.3) is 5.91 Å². The number of carbonyl (C=O) groups excluding carboxylic acids is 1. The number of aliphatic hydroxyl groups excluding tert-OH is 1. The Hall–Kier alpha value is -1.43. The van der Waals surface area contributed by atoms with Crippen molar-refractivity contribution < 1.29 is 9.90 Å². The summed E-state index contributed by atoms with van der Waals surface area (Å²) in [6.45, 7) is 0.693. The fraction of sp³-hybridized carbons (Fsp3) is 0.571. The molecule has 0 aromatic carbocycles. The molecule has 1 aromatic heterocycles. The Bertz CT molecular complexity index is 247. The minimum absolute atomic E-state index is 0.151. The van der Waals surface area contributed by atoms with Crippen molar-refractivity contribution in [2.24, 2.45) is 0 Å². The maximum Gasteiger partial charge on any atom is 0.288 e. The molecular formula is C7H12N4O2. The van der Waals surface area contributed by atoms with E-state index >= 15 is 0 Å². The van der Waals surface area contributed by atoms with Gasteiger partial charge >= 0.3 is 0 Å². The van der Waals surface area contributed by atoms with Crippen LogP contribution in [0.4, 0.5) is 0 Å². The van der Waals surface area contributed by atoms with Crippen molar-refractivity contribution in [2.75, 3.05) is 13.2 Å². The number of hydrogen-bond donors (Lipinski definition) is 3. The number of nitrogens with zero attached hydrogens (tertiary/aromatic N) is 2. The first kappa shape index (κ1) is 9.66. The lowest BCUT2D eigenvalue weighted by atomic mass is 10.3. The number of H-pyrrole nitrogens is 1. The highest BCUT2D eigenvalue weighted by molar-refractivity contribution is 5.90. The number of unbranched alkanes of at least 4 members (excludes halogenated alkanes) is 1. The van der Waals surface area contributed by atoms with Gasteiger partial charge in [-0.3, -0.25) is 9.89 Å². The summed E-state index contributed by atoms with van der Waals surface area (Å²) in [6, 6.07) is 0. The number of carbonyl (C=O) groups is 1. The first-order valence-corrected chi connectivity index (χ1v) is 4.09. The van der Waals surface area contributed by atoms with E-state index in [1.54, 1.807) is 0 Å². The lowest BCUT2D eigenvalue weighted by Crippen LogP contribution is -2.25. The molecule has 13 heavy (non-hydrogen) atoms. The van der Waals surface area contributed by atoms with Crippen molar-refractivity contribution in [1.29, 1.82) is 0 Å². The van der Waals surface area contributed by atoms with E-state index in [-0.39, 0.29) is 18.3 Å². The zero-order chi connectivity index (χ0) is 9.52. The summed E-state index contributed by atoms with van der Waals surface area (Å²) in [5.74, 6) is -0.0561. The third-order valence-corrected chi connectivity index (χ3v) is 1.50. The minimum Gasteiger partial charge on any atom is -0.396 e. The highest BCUT2D eigenvalue weighted by atomic mass is 16.2. The summed E-state index contributed by atoms with van der Waals surface area (Å²) in [6.07, 6.45) is 2.73. The zero-order valence-electron chi connectivity index (χ0n) is 7.16. The Labute approximate surface area is 75.4 Å². The molecule has 0 fully saturated rings. The Morgan fingerprint density at radius 2 is 2.46 bits per heavy atom. The first-order chi connectivity index (χ1) is 6.34. The van der Waals surface area contributed by atoms with Crippen molar-refractivity contribution >= 4 is 5.91 Å². The van der Waals surface area contributed by atoms with Crippen LogP contribution in [0.1, 0.15) is 23.5 Å². The van der Waals surface area contributed by atoms with Crippen molar-refractivity contribution in [3.63, 3.8) is 0 Å². The van der Waals surface area contributed by atoms with E-state index < -0.39 is 0 Å². The number of amides is 1. The van der Waals surface area contributed by atoms with E-state index in [1.165, 1.54) is 6.33 Å². The standard InChI is InChI=1S/C7H12N4O2/c12-4-2-1-3-8-7(13)6-9-5-10-11-6/h5,12H,1-4H2,(H,8,13)(H,9,10,11). The van der Waals surface area contributed by atoms with Crippen molar-refractivity contribution in [2.45, 2.75) is 12.8 Å². The molecule has 1 amide bonds. The summed E-state index contributed by atoms with van der Waals surface area (Å²) in [5.41, 5.74) is 0. The molecule has 1 aromatic rings. The molecule has 3 N–H and O–H groups in total. The average molecular weight is 184 g/mol. The number of aliphatic hydroxyl groups is 1. The molecule has 6 heteroatoms. The normalized spacial score (nSPS) is 9.92. The van der Waals surface area contributed by atoms with Gasteiger partial charge < -0.3 is 10.4 Å². The van der Waals surface area contributed by atoms with Gasteiger partial charge in [0.15, 0.2) is 0 Å². The van der Waals surface area contributed by atoms with Crippen molar-refractivity contribution in [1.82, 2.24) is 20.5 Å². The van der Waals surface area contributed by atoms with E-state index in [4.69, 9.17) is 5.11 Å². The van der Waals surface area contributed by atoms with Crippen LogP contribution < -0.4 is 5.32 Å². The molecule has 0 radical (unpaired) electrons. The molecule has 0 atom stereocenters. The van der Waals surface area contributed by atoms with Gasteiger partial charge in [-0.05, 0) is 12.8 Å².